The molecule has 2 aromatic heterocycles. The summed E-state index contributed by atoms with van der Waals surface area (Å²) in [6.45, 7) is 1.96. The summed E-state index contributed by atoms with van der Waals surface area (Å²) < 4.78 is 0. The highest BCUT2D eigenvalue weighted by molar-refractivity contribution is 6.39. The Balaban J connectivity index is 1.49. The van der Waals surface area contributed by atoms with Gasteiger partial charge in [-0.15, -0.1) is 0 Å². The molecule has 2 heterocycles. The molecule has 4 nitrogen and oxygen atoms in total. The molecule has 1 amide bonds. The first-order valence-corrected chi connectivity index (χ1v) is 10.3. The van der Waals surface area contributed by atoms with E-state index in [0.29, 0.717) is 22.0 Å². The SMILES string of the molecule is CC(Cc1ccc2nc(-c3ccncc3)ccc2c1)NC(=O)c1c(Cl)cccc1Cl. The molecule has 30 heavy (non-hydrogen) atoms. The standard InChI is InChI=1S/C24H19Cl2N3O/c1-15(28-24(30)23-19(25)3-2-4-20(23)26)13-16-5-7-22-18(14-16)6-8-21(29-22)17-9-11-27-12-10-17/h2-12,14-15H,13H2,1H3,(H,28,30). The highest BCUT2D eigenvalue weighted by atomic mass is 35.5. The van der Waals surface area contributed by atoms with Crippen LogP contribution in [0.3, 0.4) is 0 Å². The molecule has 0 bridgehead atoms. The second-order valence-corrected chi connectivity index (χ2v) is 7.95. The van der Waals surface area contributed by atoms with Crippen LogP contribution in [0.4, 0.5) is 0 Å². The molecule has 0 aliphatic rings. The normalized spacial score (nSPS) is 12.0. The van der Waals surface area contributed by atoms with E-state index in [4.69, 9.17) is 28.2 Å². The number of rotatable bonds is 5. The molecule has 4 aromatic rings. The van der Waals surface area contributed by atoms with E-state index in [2.05, 4.69) is 22.4 Å². The minimum absolute atomic E-state index is 0.0914. The zero-order valence-electron chi connectivity index (χ0n) is 16.3. The zero-order valence-corrected chi connectivity index (χ0v) is 17.8. The van der Waals surface area contributed by atoms with Crippen molar-refractivity contribution in [3.8, 4) is 11.3 Å². The van der Waals surface area contributed by atoms with Crippen LogP contribution < -0.4 is 5.32 Å². The topological polar surface area (TPSA) is 54.9 Å². The first-order chi connectivity index (χ1) is 14.5. The van der Waals surface area contributed by atoms with Crippen molar-refractivity contribution in [2.24, 2.45) is 0 Å². The Morgan fingerprint density at radius 2 is 1.73 bits per heavy atom. The van der Waals surface area contributed by atoms with Crippen LogP contribution in [0, 0.1) is 0 Å². The molecule has 150 valence electrons. The van der Waals surface area contributed by atoms with Crippen molar-refractivity contribution in [2.75, 3.05) is 0 Å². The molecule has 0 fully saturated rings. The number of carbonyl (C=O) groups is 1. The maximum Gasteiger partial charge on any atom is 0.254 e. The highest BCUT2D eigenvalue weighted by Gasteiger charge is 2.17. The van der Waals surface area contributed by atoms with Gasteiger partial charge in [-0.05, 0) is 61.4 Å². The lowest BCUT2D eigenvalue weighted by atomic mass is 10.0. The van der Waals surface area contributed by atoms with Gasteiger partial charge in [-0.25, -0.2) is 4.98 Å². The van der Waals surface area contributed by atoms with Gasteiger partial charge in [-0.2, -0.15) is 0 Å². The minimum atomic E-state index is -0.275. The summed E-state index contributed by atoms with van der Waals surface area (Å²) in [5, 5.41) is 4.71. The molecule has 1 N–H and O–H groups in total. The number of pyridine rings is 2. The average molecular weight is 436 g/mol. The number of fused-ring (bicyclic) bond motifs is 1. The van der Waals surface area contributed by atoms with Gasteiger partial charge >= 0.3 is 0 Å². The van der Waals surface area contributed by atoms with Crippen molar-refractivity contribution in [3.05, 3.63) is 94.2 Å². The van der Waals surface area contributed by atoms with Gasteiger partial charge in [0.05, 0.1) is 26.8 Å². The van der Waals surface area contributed by atoms with Gasteiger partial charge in [0.25, 0.3) is 5.91 Å². The third-order valence-electron chi connectivity index (χ3n) is 4.84. The Morgan fingerprint density at radius 1 is 1.00 bits per heavy atom. The molecule has 0 saturated carbocycles. The fourth-order valence-electron chi connectivity index (χ4n) is 3.40. The van der Waals surface area contributed by atoms with Crippen molar-refractivity contribution in [3.63, 3.8) is 0 Å². The lowest BCUT2D eigenvalue weighted by Gasteiger charge is -2.16. The number of aromatic nitrogens is 2. The predicted molar refractivity (Wildman–Crippen MR) is 122 cm³/mol. The maximum atomic E-state index is 12.6. The molecule has 2 aromatic carbocycles. The van der Waals surface area contributed by atoms with Crippen molar-refractivity contribution in [1.82, 2.24) is 15.3 Å². The summed E-state index contributed by atoms with van der Waals surface area (Å²) in [4.78, 5) is 21.4. The number of hydrogen-bond donors (Lipinski definition) is 1. The van der Waals surface area contributed by atoms with Gasteiger partial charge in [0, 0.05) is 29.4 Å². The number of amides is 1. The van der Waals surface area contributed by atoms with Gasteiger partial charge < -0.3 is 5.32 Å². The van der Waals surface area contributed by atoms with E-state index in [0.717, 1.165) is 27.7 Å². The van der Waals surface area contributed by atoms with Crippen molar-refractivity contribution >= 4 is 40.0 Å². The van der Waals surface area contributed by atoms with E-state index in [-0.39, 0.29) is 11.9 Å². The number of halogens is 2. The van der Waals surface area contributed by atoms with Crippen molar-refractivity contribution in [1.29, 1.82) is 0 Å². The quantitative estimate of drug-likeness (QED) is 0.420. The zero-order chi connectivity index (χ0) is 21.1. The number of hydrogen-bond acceptors (Lipinski definition) is 3. The third kappa shape index (κ3) is 4.45. The Kier molecular flexibility index (Phi) is 5.98. The molecule has 0 spiro atoms. The first kappa shape index (κ1) is 20.3. The van der Waals surface area contributed by atoms with Crippen molar-refractivity contribution < 1.29 is 4.79 Å². The second-order valence-electron chi connectivity index (χ2n) is 7.13. The summed E-state index contributed by atoms with van der Waals surface area (Å²) in [5.74, 6) is -0.275. The lowest BCUT2D eigenvalue weighted by molar-refractivity contribution is 0.0940. The number of carbonyl (C=O) groups excluding carboxylic acids is 1. The van der Waals surface area contributed by atoms with Gasteiger partial charge in [0.1, 0.15) is 0 Å². The number of benzene rings is 2. The molecule has 4 rings (SSSR count). The first-order valence-electron chi connectivity index (χ1n) is 9.56. The minimum Gasteiger partial charge on any atom is -0.349 e. The Morgan fingerprint density at radius 3 is 2.47 bits per heavy atom. The van der Waals surface area contributed by atoms with Gasteiger partial charge in [0.2, 0.25) is 0 Å². The van der Waals surface area contributed by atoms with Gasteiger partial charge in [0.15, 0.2) is 0 Å². The molecule has 6 heteroatoms. The number of nitrogens with one attached hydrogen (secondary N) is 1. The summed E-state index contributed by atoms with van der Waals surface area (Å²) in [7, 11) is 0. The van der Waals surface area contributed by atoms with Gasteiger partial charge in [-0.1, -0.05) is 41.4 Å². The summed E-state index contributed by atoms with van der Waals surface area (Å²) in [6.07, 6.45) is 4.20. The van der Waals surface area contributed by atoms with Crippen LogP contribution in [0.5, 0.6) is 0 Å². The Hall–Kier alpha value is -2.95. The van der Waals surface area contributed by atoms with Crippen LogP contribution in [-0.2, 0) is 6.42 Å². The molecule has 0 radical (unpaired) electrons. The van der Waals surface area contributed by atoms with E-state index in [1.807, 2.05) is 37.3 Å². The molecule has 0 saturated heterocycles. The van der Waals surface area contributed by atoms with Crippen LogP contribution >= 0.6 is 23.2 Å². The van der Waals surface area contributed by atoms with Crippen LogP contribution in [0.2, 0.25) is 10.0 Å². The molecule has 0 aliphatic carbocycles. The van der Waals surface area contributed by atoms with E-state index in [1.54, 1.807) is 30.6 Å². The van der Waals surface area contributed by atoms with E-state index >= 15 is 0 Å². The summed E-state index contributed by atoms with van der Waals surface area (Å²) in [6, 6.07) is 19.0. The smallest absolute Gasteiger partial charge is 0.254 e. The maximum absolute atomic E-state index is 12.6. The largest absolute Gasteiger partial charge is 0.349 e. The summed E-state index contributed by atoms with van der Waals surface area (Å²) >= 11 is 12.3. The molecular weight excluding hydrogens is 417 g/mol. The number of nitrogens with zero attached hydrogens (tertiary/aromatic N) is 2. The average Bonchev–Trinajstić information content (AvgIpc) is 2.73. The monoisotopic (exact) mass is 435 g/mol. The molecule has 1 atom stereocenters. The molecule has 1 unspecified atom stereocenters. The van der Waals surface area contributed by atoms with Crippen LogP contribution in [0.15, 0.2) is 73.1 Å². The Labute approximate surface area is 184 Å². The van der Waals surface area contributed by atoms with E-state index < -0.39 is 0 Å². The fourth-order valence-corrected chi connectivity index (χ4v) is 3.97. The predicted octanol–water partition coefficient (Wildman–Crippen LogP) is 5.96. The van der Waals surface area contributed by atoms with Crippen LogP contribution in [0.1, 0.15) is 22.8 Å². The third-order valence-corrected chi connectivity index (χ3v) is 5.47. The molecular formula is C24H19Cl2N3O. The fraction of sp³-hybridized carbons (Fsp3) is 0.125. The summed E-state index contributed by atoms with van der Waals surface area (Å²) in [5.41, 5.74) is 4.28. The highest BCUT2D eigenvalue weighted by Crippen LogP contribution is 2.25. The van der Waals surface area contributed by atoms with Crippen LogP contribution in [0.25, 0.3) is 22.2 Å². The molecule has 0 aliphatic heterocycles. The van der Waals surface area contributed by atoms with E-state index in [1.165, 1.54) is 0 Å². The van der Waals surface area contributed by atoms with E-state index in [9.17, 15) is 4.79 Å². The lowest BCUT2D eigenvalue weighted by Crippen LogP contribution is -2.34. The van der Waals surface area contributed by atoms with Crippen LogP contribution in [-0.4, -0.2) is 21.9 Å². The second kappa shape index (κ2) is 8.82. The van der Waals surface area contributed by atoms with Gasteiger partial charge in [-0.3, -0.25) is 9.78 Å². The van der Waals surface area contributed by atoms with Crippen molar-refractivity contribution in [2.45, 2.75) is 19.4 Å². The Bertz CT molecular complexity index is 1190.